The zero-order valence-electron chi connectivity index (χ0n) is 19.7. The van der Waals surface area contributed by atoms with Gasteiger partial charge >= 0.3 is 0 Å². The van der Waals surface area contributed by atoms with E-state index < -0.39 is 0 Å². The van der Waals surface area contributed by atoms with Crippen molar-refractivity contribution in [3.8, 4) is 11.1 Å². The Morgan fingerprint density at radius 1 is 0.806 bits per heavy atom. The Kier molecular flexibility index (Phi) is 10.4. The summed E-state index contributed by atoms with van der Waals surface area (Å²) in [6, 6.07) is 18.0. The molecule has 1 aliphatic rings. The summed E-state index contributed by atoms with van der Waals surface area (Å²) in [7, 11) is 0. The minimum atomic E-state index is 0.721. The minimum Gasteiger partial charge on any atom is -0.377 e. The first kappa shape index (κ1) is 23.8. The summed E-state index contributed by atoms with van der Waals surface area (Å²) in [5, 5.41) is 0. The van der Waals surface area contributed by atoms with Crippen molar-refractivity contribution >= 4 is 0 Å². The fourth-order valence-electron chi connectivity index (χ4n) is 4.78. The van der Waals surface area contributed by atoms with E-state index in [1.807, 2.05) is 0 Å². The van der Waals surface area contributed by atoms with Crippen molar-refractivity contribution in [2.24, 2.45) is 11.8 Å². The van der Waals surface area contributed by atoms with Crippen LogP contribution in [0.5, 0.6) is 0 Å². The normalized spacial score (nSPS) is 18.7. The number of benzene rings is 2. The fourth-order valence-corrected chi connectivity index (χ4v) is 4.78. The van der Waals surface area contributed by atoms with Crippen molar-refractivity contribution in [2.45, 2.75) is 84.2 Å². The van der Waals surface area contributed by atoms with Crippen LogP contribution in [0.2, 0.25) is 0 Å². The maximum Gasteiger partial charge on any atom is 0.0716 e. The summed E-state index contributed by atoms with van der Waals surface area (Å²) in [5.41, 5.74) is 5.32. The number of ether oxygens (including phenoxy) is 1. The van der Waals surface area contributed by atoms with E-state index in [9.17, 15) is 0 Å². The summed E-state index contributed by atoms with van der Waals surface area (Å²) in [5.74, 6) is 1.75. The lowest BCUT2D eigenvalue weighted by Gasteiger charge is -2.26. The van der Waals surface area contributed by atoms with E-state index in [4.69, 9.17) is 4.74 Å². The second kappa shape index (κ2) is 13.5. The van der Waals surface area contributed by atoms with Crippen LogP contribution in [0.15, 0.2) is 61.2 Å². The van der Waals surface area contributed by atoms with Crippen molar-refractivity contribution in [1.82, 2.24) is 0 Å². The van der Waals surface area contributed by atoms with E-state index in [0.717, 1.165) is 31.5 Å². The van der Waals surface area contributed by atoms with Gasteiger partial charge in [-0.15, -0.1) is 6.58 Å². The third kappa shape index (κ3) is 8.30. The zero-order valence-corrected chi connectivity index (χ0v) is 19.7. The highest BCUT2D eigenvalue weighted by atomic mass is 16.5. The van der Waals surface area contributed by atoms with Crippen LogP contribution in [0.1, 0.15) is 82.3 Å². The molecule has 2 aromatic rings. The summed E-state index contributed by atoms with van der Waals surface area (Å²) in [6.07, 6.45) is 16.7. The van der Waals surface area contributed by atoms with E-state index in [-0.39, 0.29) is 0 Å². The average molecular weight is 419 g/mol. The van der Waals surface area contributed by atoms with Gasteiger partial charge in [-0.2, -0.15) is 0 Å². The molecule has 0 N–H and O–H groups in total. The molecule has 0 spiro atoms. The van der Waals surface area contributed by atoms with Crippen LogP contribution in [-0.4, -0.2) is 6.61 Å². The Hall–Kier alpha value is -1.86. The largest absolute Gasteiger partial charge is 0.377 e. The van der Waals surface area contributed by atoms with Gasteiger partial charge in [-0.1, -0.05) is 87.2 Å². The van der Waals surface area contributed by atoms with Gasteiger partial charge in [0, 0.05) is 6.61 Å². The van der Waals surface area contributed by atoms with Crippen molar-refractivity contribution < 1.29 is 4.74 Å². The van der Waals surface area contributed by atoms with Crippen LogP contribution in [0.3, 0.4) is 0 Å². The fraction of sp³-hybridized carbons (Fsp3) is 0.533. The summed E-state index contributed by atoms with van der Waals surface area (Å²) in [4.78, 5) is 0. The van der Waals surface area contributed by atoms with E-state index in [1.54, 1.807) is 0 Å². The van der Waals surface area contributed by atoms with Crippen LogP contribution >= 0.6 is 0 Å². The smallest absolute Gasteiger partial charge is 0.0716 e. The number of hydrogen-bond acceptors (Lipinski definition) is 1. The molecule has 1 fully saturated rings. The van der Waals surface area contributed by atoms with Crippen molar-refractivity contribution in [3.63, 3.8) is 0 Å². The Morgan fingerprint density at radius 3 is 2.06 bits per heavy atom. The molecule has 1 heteroatoms. The van der Waals surface area contributed by atoms with Crippen molar-refractivity contribution in [1.29, 1.82) is 0 Å². The first-order valence-electron chi connectivity index (χ1n) is 12.7. The highest BCUT2D eigenvalue weighted by molar-refractivity contribution is 5.63. The summed E-state index contributed by atoms with van der Waals surface area (Å²) in [6.45, 7) is 7.78. The van der Waals surface area contributed by atoms with Crippen molar-refractivity contribution in [2.75, 3.05) is 6.61 Å². The molecule has 0 radical (unpaired) electrons. The monoisotopic (exact) mass is 418 g/mol. The molecule has 31 heavy (non-hydrogen) atoms. The first-order valence-corrected chi connectivity index (χ1v) is 12.7. The number of hydrogen-bond donors (Lipinski definition) is 0. The van der Waals surface area contributed by atoms with Gasteiger partial charge in [0.05, 0.1) is 6.61 Å². The first-order chi connectivity index (χ1) is 15.3. The van der Waals surface area contributed by atoms with E-state index in [2.05, 4.69) is 68.1 Å². The number of unbranched alkanes of at least 4 members (excludes halogenated alkanes) is 3. The zero-order chi connectivity index (χ0) is 21.7. The molecule has 3 rings (SSSR count). The highest BCUT2D eigenvalue weighted by Crippen LogP contribution is 2.32. The predicted octanol–water partition coefficient (Wildman–Crippen LogP) is 8.77. The van der Waals surface area contributed by atoms with Gasteiger partial charge < -0.3 is 4.74 Å². The molecule has 0 amide bonds. The van der Waals surface area contributed by atoms with Crippen LogP contribution in [0.25, 0.3) is 11.1 Å². The molecular formula is C30H42O. The van der Waals surface area contributed by atoms with E-state index in [0.29, 0.717) is 0 Å². The second-order valence-corrected chi connectivity index (χ2v) is 9.42. The van der Waals surface area contributed by atoms with Gasteiger partial charge in [0.2, 0.25) is 0 Å². The molecule has 0 saturated heterocycles. The van der Waals surface area contributed by atoms with Gasteiger partial charge in [-0.25, -0.2) is 0 Å². The molecule has 1 saturated carbocycles. The number of aryl methyl sites for hydroxylation is 1. The Bertz CT molecular complexity index is 735. The van der Waals surface area contributed by atoms with E-state index >= 15 is 0 Å². The minimum absolute atomic E-state index is 0.721. The molecule has 0 atom stereocenters. The summed E-state index contributed by atoms with van der Waals surface area (Å²) >= 11 is 0. The van der Waals surface area contributed by atoms with Gasteiger partial charge in [-0.05, 0) is 79.0 Å². The number of rotatable bonds is 13. The van der Waals surface area contributed by atoms with Crippen molar-refractivity contribution in [3.05, 3.63) is 72.3 Å². The van der Waals surface area contributed by atoms with Gasteiger partial charge in [-0.3, -0.25) is 0 Å². The Labute approximate surface area is 190 Å². The molecule has 0 bridgehead atoms. The molecule has 2 aromatic carbocycles. The molecular weight excluding hydrogens is 376 g/mol. The molecule has 1 aliphatic carbocycles. The molecule has 0 heterocycles. The lowest BCUT2D eigenvalue weighted by molar-refractivity contribution is 0.117. The van der Waals surface area contributed by atoms with Gasteiger partial charge in [0.1, 0.15) is 0 Å². The standard InChI is InChI=1S/C30H42O/c1-3-5-8-23-31-24-28-17-21-30(22-18-28)29-19-15-27(16-20-29)10-7-6-9-26-13-11-25(4-2)12-14-26/h4,15-22,25-26H,2-3,5-14,23-24H2,1H3/t25-,26-. The molecule has 0 aromatic heterocycles. The second-order valence-electron chi connectivity index (χ2n) is 9.42. The average Bonchev–Trinajstić information content (AvgIpc) is 2.83. The summed E-state index contributed by atoms with van der Waals surface area (Å²) < 4.78 is 5.77. The Morgan fingerprint density at radius 2 is 1.45 bits per heavy atom. The van der Waals surface area contributed by atoms with Gasteiger partial charge in [0.15, 0.2) is 0 Å². The SMILES string of the molecule is C=C[C@H]1CC[C@H](CCCCc2ccc(-c3ccc(COCCCCC)cc3)cc2)CC1. The van der Waals surface area contributed by atoms with Crippen LogP contribution in [0.4, 0.5) is 0 Å². The maximum absolute atomic E-state index is 5.77. The third-order valence-corrected chi connectivity index (χ3v) is 6.95. The van der Waals surface area contributed by atoms with Gasteiger partial charge in [0.25, 0.3) is 0 Å². The maximum atomic E-state index is 5.77. The molecule has 1 nitrogen and oxygen atoms in total. The van der Waals surface area contributed by atoms with Crippen LogP contribution in [0, 0.1) is 11.8 Å². The quantitative estimate of drug-likeness (QED) is 0.233. The predicted molar refractivity (Wildman–Crippen MR) is 134 cm³/mol. The topological polar surface area (TPSA) is 9.23 Å². The third-order valence-electron chi connectivity index (χ3n) is 6.95. The van der Waals surface area contributed by atoms with Crippen LogP contribution < -0.4 is 0 Å². The highest BCUT2D eigenvalue weighted by Gasteiger charge is 2.18. The lowest BCUT2D eigenvalue weighted by Crippen LogP contribution is -2.12. The van der Waals surface area contributed by atoms with Crippen LogP contribution in [-0.2, 0) is 17.8 Å². The molecule has 0 aliphatic heterocycles. The lowest BCUT2D eigenvalue weighted by atomic mass is 9.80. The Balaban J connectivity index is 1.36. The molecule has 0 unspecified atom stereocenters. The molecule has 168 valence electrons. The van der Waals surface area contributed by atoms with E-state index in [1.165, 1.54) is 86.5 Å². The number of allylic oxidation sites excluding steroid dienone is 1.